The van der Waals surface area contributed by atoms with E-state index < -0.39 is 8.07 Å². The summed E-state index contributed by atoms with van der Waals surface area (Å²) >= 11 is 2.06. The molecule has 0 aliphatic rings. The van der Waals surface area contributed by atoms with E-state index in [1.54, 1.807) is 0 Å². The second kappa shape index (κ2) is 21.8. The van der Waals surface area contributed by atoms with Crippen LogP contribution >= 0.6 is 11.3 Å². The third-order valence-electron chi connectivity index (χ3n) is 14.5. The molecule has 0 saturated heterocycles. The molecule has 3 heteroatoms. The second-order valence-corrected chi connectivity index (χ2v) is 28.8. The lowest BCUT2D eigenvalue weighted by atomic mass is 9.75. The predicted molar refractivity (Wildman–Crippen MR) is 305 cm³/mol. The molecule has 0 radical (unpaired) electrons. The van der Waals surface area contributed by atoms with Gasteiger partial charge in [0.15, 0.2) is 8.07 Å². The number of hydrogen-bond acceptors (Lipinski definition) is 2. The molecule has 7 rings (SSSR count). The fraction of sp³-hybridized carbons (Fsp3) is 0.462. The van der Waals surface area contributed by atoms with Crippen molar-refractivity contribution in [1.29, 1.82) is 0 Å². The number of rotatable bonds is 20. The van der Waals surface area contributed by atoms with Crippen LogP contribution in [0.15, 0.2) is 109 Å². The Balaban J connectivity index is 1.69. The highest BCUT2D eigenvalue weighted by Crippen LogP contribution is 2.41. The Morgan fingerprint density at radius 3 is 1.25 bits per heavy atom. The van der Waals surface area contributed by atoms with Gasteiger partial charge in [-0.25, -0.2) is 0 Å². The summed E-state index contributed by atoms with van der Waals surface area (Å²) in [5.41, 5.74) is 12.7. The molecule has 0 N–H and O–H groups in total. The van der Waals surface area contributed by atoms with Crippen LogP contribution in [0.4, 0.5) is 0 Å². The number of fused-ring (bicyclic) bond motifs is 2. The molecule has 1 nitrogen and oxygen atoms in total. The van der Waals surface area contributed by atoms with E-state index in [-0.39, 0.29) is 5.41 Å². The molecule has 0 spiro atoms. The van der Waals surface area contributed by atoms with Gasteiger partial charge in [0.05, 0.1) is 10.4 Å². The van der Waals surface area contributed by atoms with E-state index in [1.807, 2.05) is 0 Å². The highest BCUT2D eigenvalue weighted by atomic mass is 32.1. The van der Waals surface area contributed by atoms with Gasteiger partial charge in [0.25, 0.3) is 0 Å². The number of benzene rings is 5. The summed E-state index contributed by atoms with van der Waals surface area (Å²) in [4.78, 5) is 5.38. The van der Waals surface area contributed by atoms with E-state index in [1.165, 1.54) is 85.4 Å². The fourth-order valence-electron chi connectivity index (χ4n) is 11.3. The SMILES string of the molecule is CCC(C)(CC)c1cc(-c2nccc3cc([Si](c4cc(CC(C)C)cc(CC(C)C)c4)(c4cc(CC(C)C)cc(CC(C)C)c4)c4cc(CC(C)C)cc(CC(C)C)c4)sc23)cc2ccccc12. The van der Waals surface area contributed by atoms with Crippen molar-refractivity contribution in [2.75, 3.05) is 0 Å². The van der Waals surface area contributed by atoms with Crippen LogP contribution in [0, 0.1) is 35.5 Å². The molecule has 2 heterocycles. The monoisotopic (exact) mass is 940 g/mol. The highest BCUT2D eigenvalue weighted by molar-refractivity contribution is 7.39. The second-order valence-electron chi connectivity index (χ2n) is 23.7. The molecule has 0 aliphatic heterocycles. The number of thiophene rings is 1. The van der Waals surface area contributed by atoms with Crippen molar-refractivity contribution in [2.45, 2.75) is 161 Å². The Hall–Kier alpha value is -4.31. The van der Waals surface area contributed by atoms with Gasteiger partial charge in [0.2, 0.25) is 0 Å². The maximum absolute atomic E-state index is 5.38. The van der Waals surface area contributed by atoms with Crippen LogP contribution in [0.2, 0.25) is 0 Å². The first-order valence-corrected chi connectivity index (χ1v) is 29.5. The number of hydrogen-bond donors (Lipinski definition) is 0. The lowest BCUT2D eigenvalue weighted by Gasteiger charge is -2.36. The zero-order chi connectivity index (χ0) is 49.1. The van der Waals surface area contributed by atoms with Gasteiger partial charge in [0.1, 0.15) is 0 Å². The van der Waals surface area contributed by atoms with Crippen molar-refractivity contribution in [3.8, 4) is 11.3 Å². The van der Waals surface area contributed by atoms with Gasteiger partial charge in [-0.2, -0.15) is 0 Å². The Morgan fingerprint density at radius 2 is 0.868 bits per heavy atom. The molecule has 0 atom stereocenters. The summed E-state index contributed by atoms with van der Waals surface area (Å²) in [6.07, 6.45) is 10.7. The molecule has 0 unspecified atom stereocenters. The highest BCUT2D eigenvalue weighted by Gasteiger charge is 2.45. The Kier molecular flexibility index (Phi) is 16.5. The number of aromatic nitrogens is 1. The van der Waals surface area contributed by atoms with Crippen LogP contribution in [0.1, 0.15) is 156 Å². The first-order valence-electron chi connectivity index (χ1n) is 26.6. The van der Waals surface area contributed by atoms with E-state index in [0.717, 1.165) is 57.1 Å². The van der Waals surface area contributed by atoms with E-state index in [2.05, 4.69) is 225 Å². The van der Waals surface area contributed by atoms with Crippen LogP contribution in [0.5, 0.6) is 0 Å². The molecule has 0 saturated carbocycles. The standard InChI is InChI=1S/C65H85NSSi/c1-16-65(15,17-2)61-40-56(39-54-20-18-19-21-60(54)61)63-64-55(22-23-66-63)41-62(67-64)68(57-33-48(24-42(3)4)30-49(34-57)25-43(5)6,58-35-50(26-44(7)8)31-51(36-58)27-45(9)10)59-37-52(28-46(11)12)32-53(38-59)29-47(13)14/h18-23,30-47H,16-17,24-29H2,1-15H3. The molecule has 7 aromatic rings. The average Bonchev–Trinajstić information content (AvgIpc) is 3.69. The van der Waals surface area contributed by atoms with Gasteiger partial charge >= 0.3 is 0 Å². The zero-order valence-corrected chi connectivity index (χ0v) is 46.7. The maximum Gasteiger partial charge on any atom is 0.191 e. The van der Waals surface area contributed by atoms with E-state index >= 15 is 0 Å². The Labute approximate surface area is 418 Å². The molecule has 360 valence electrons. The largest absolute Gasteiger partial charge is 0.255 e. The summed E-state index contributed by atoms with van der Waals surface area (Å²) in [6.45, 7) is 35.9. The Bertz CT molecular complexity index is 2560. The molecule has 0 aliphatic carbocycles. The van der Waals surface area contributed by atoms with Gasteiger partial charge in [-0.3, -0.25) is 4.98 Å². The smallest absolute Gasteiger partial charge is 0.191 e. The van der Waals surface area contributed by atoms with Gasteiger partial charge in [-0.05, 0) is 187 Å². The van der Waals surface area contributed by atoms with Crippen LogP contribution in [-0.2, 0) is 43.9 Å². The minimum absolute atomic E-state index is 0.0598. The van der Waals surface area contributed by atoms with Crippen molar-refractivity contribution < 1.29 is 0 Å². The summed E-state index contributed by atoms with van der Waals surface area (Å²) in [5.74, 6) is 3.33. The third-order valence-corrected chi connectivity index (χ3v) is 21.0. The molecular formula is C65H85NSSi. The van der Waals surface area contributed by atoms with Crippen molar-refractivity contribution in [3.63, 3.8) is 0 Å². The number of nitrogens with zero attached hydrogens (tertiary/aromatic N) is 1. The summed E-state index contributed by atoms with van der Waals surface area (Å²) in [5, 5.41) is 8.58. The van der Waals surface area contributed by atoms with Crippen molar-refractivity contribution in [2.24, 2.45) is 35.5 Å². The molecular weight excluding hydrogens is 855 g/mol. The van der Waals surface area contributed by atoms with E-state index in [4.69, 9.17) is 4.98 Å². The predicted octanol–water partition coefficient (Wildman–Crippen LogP) is 15.8. The summed E-state index contributed by atoms with van der Waals surface area (Å²) in [6, 6.07) is 42.8. The normalized spacial score (nSPS) is 12.7. The number of pyridine rings is 1. The van der Waals surface area contributed by atoms with Crippen molar-refractivity contribution in [1.82, 2.24) is 4.98 Å². The molecule has 68 heavy (non-hydrogen) atoms. The first-order chi connectivity index (χ1) is 32.3. The average molecular weight is 941 g/mol. The summed E-state index contributed by atoms with van der Waals surface area (Å²) < 4.78 is 2.82. The van der Waals surface area contributed by atoms with Crippen LogP contribution in [0.25, 0.3) is 32.1 Å². The Morgan fingerprint density at radius 1 is 0.471 bits per heavy atom. The molecule has 0 bridgehead atoms. The minimum Gasteiger partial charge on any atom is -0.255 e. The van der Waals surface area contributed by atoms with Gasteiger partial charge in [-0.1, -0.05) is 183 Å². The van der Waals surface area contributed by atoms with Crippen LogP contribution in [-0.4, -0.2) is 13.1 Å². The van der Waals surface area contributed by atoms with Crippen molar-refractivity contribution in [3.05, 3.63) is 148 Å². The minimum atomic E-state index is -3.11. The van der Waals surface area contributed by atoms with E-state index in [0.29, 0.717) is 35.5 Å². The van der Waals surface area contributed by atoms with Gasteiger partial charge < -0.3 is 0 Å². The van der Waals surface area contributed by atoms with Crippen LogP contribution < -0.4 is 20.1 Å². The topological polar surface area (TPSA) is 12.9 Å². The maximum atomic E-state index is 5.38. The molecule has 5 aromatic carbocycles. The van der Waals surface area contributed by atoms with Crippen LogP contribution in [0.3, 0.4) is 0 Å². The molecule has 2 aromatic heterocycles. The first kappa shape index (κ1) is 51.5. The fourth-order valence-corrected chi connectivity index (χ4v) is 18.9. The lowest BCUT2D eigenvalue weighted by Crippen LogP contribution is -2.74. The lowest BCUT2D eigenvalue weighted by molar-refractivity contribution is 0.443. The van der Waals surface area contributed by atoms with E-state index in [9.17, 15) is 0 Å². The molecule has 0 fully saturated rings. The third kappa shape index (κ3) is 11.5. The van der Waals surface area contributed by atoms with Gasteiger partial charge in [-0.15, -0.1) is 11.3 Å². The molecule has 0 amide bonds. The van der Waals surface area contributed by atoms with Gasteiger partial charge in [0, 0.05) is 16.3 Å². The van der Waals surface area contributed by atoms with Crippen molar-refractivity contribution >= 4 is 60.3 Å². The quantitative estimate of drug-likeness (QED) is 0.0548. The zero-order valence-electron chi connectivity index (χ0n) is 44.9. The summed E-state index contributed by atoms with van der Waals surface area (Å²) in [7, 11) is -3.11.